The standard InChI is InChI=1S/C22H26ClFN2OS/c1-16(2)13-25(14-17-7-3-6-10-20(17)24)15-21(27)26-11-12-28-22(26)18-8-4-5-9-19(18)23/h3-10,16,22H,11-15H2,1-2H3/p+1/t22-/m1/s1. The molecule has 1 heterocycles. The Kier molecular flexibility index (Phi) is 7.38. The van der Waals surface area contributed by atoms with E-state index in [4.69, 9.17) is 11.6 Å². The number of hydrogen-bond donors (Lipinski definition) is 1. The molecule has 1 unspecified atom stereocenters. The van der Waals surface area contributed by atoms with E-state index in [2.05, 4.69) is 13.8 Å². The predicted octanol–water partition coefficient (Wildman–Crippen LogP) is 3.79. The molecule has 1 aliphatic rings. The summed E-state index contributed by atoms with van der Waals surface area (Å²) in [5.74, 6) is 1.21. The Hall–Kier alpha value is -1.56. The Morgan fingerprint density at radius 3 is 2.68 bits per heavy atom. The van der Waals surface area contributed by atoms with Crippen LogP contribution in [0.15, 0.2) is 48.5 Å². The van der Waals surface area contributed by atoms with E-state index < -0.39 is 0 Å². The third-order valence-corrected chi connectivity index (χ3v) is 6.47. The zero-order chi connectivity index (χ0) is 20.1. The molecule has 3 rings (SSSR count). The zero-order valence-corrected chi connectivity index (χ0v) is 17.9. The van der Waals surface area contributed by atoms with Crippen molar-refractivity contribution >= 4 is 29.3 Å². The number of amides is 1. The molecule has 1 aliphatic heterocycles. The molecular formula is C22H27ClFN2OS+. The fourth-order valence-corrected chi connectivity index (χ4v) is 5.29. The average Bonchev–Trinajstić information content (AvgIpc) is 3.13. The van der Waals surface area contributed by atoms with E-state index in [9.17, 15) is 9.18 Å². The lowest BCUT2D eigenvalue weighted by Gasteiger charge is -2.28. The van der Waals surface area contributed by atoms with Gasteiger partial charge in [-0.1, -0.05) is 61.8 Å². The lowest BCUT2D eigenvalue weighted by atomic mass is 10.1. The van der Waals surface area contributed by atoms with Gasteiger partial charge in [-0.2, -0.15) is 0 Å². The maximum atomic E-state index is 14.1. The summed E-state index contributed by atoms with van der Waals surface area (Å²) in [5.41, 5.74) is 1.64. The average molecular weight is 422 g/mol. The molecule has 0 radical (unpaired) electrons. The van der Waals surface area contributed by atoms with E-state index >= 15 is 0 Å². The summed E-state index contributed by atoms with van der Waals surface area (Å²) >= 11 is 8.12. The highest BCUT2D eigenvalue weighted by atomic mass is 35.5. The number of rotatable bonds is 7. The molecule has 0 spiro atoms. The van der Waals surface area contributed by atoms with Crippen LogP contribution in [-0.4, -0.2) is 36.2 Å². The first-order valence-electron chi connectivity index (χ1n) is 9.68. The van der Waals surface area contributed by atoms with E-state index in [0.717, 1.165) is 22.8 Å². The van der Waals surface area contributed by atoms with Gasteiger partial charge < -0.3 is 9.80 Å². The first kappa shape index (κ1) is 21.2. The van der Waals surface area contributed by atoms with Crippen molar-refractivity contribution in [2.24, 2.45) is 5.92 Å². The first-order chi connectivity index (χ1) is 13.5. The third kappa shape index (κ3) is 5.28. The summed E-state index contributed by atoms with van der Waals surface area (Å²) in [6.45, 7) is 6.66. The third-order valence-electron chi connectivity index (χ3n) is 4.88. The second-order valence-corrected chi connectivity index (χ2v) is 9.22. The lowest BCUT2D eigenvalue weighted by molar-refractivity contribution is -0.909. The molecule has 2 aromatic rings. The largest absolute Gasteiger partial charge is 0.323 e. The Bertz CT molecular complexity index is 817. The van der Waals surface area contributed by atoms with E-state index in [-0.39, 0.29) is 17.1 Å². The van der Waals surface area contributed by atoms with Gasteiger partial charge in [-0.15, -0.1) is 11.8 Å². The van der Waals surface area contributed by atoms with Crippen LogP contribution in [-0.2, 0) is 11.3 Å². The molecule has 0 saturated carbocycles. The van der Waals surface area contributed by atoms with Crippen molar-refractivity contribution in [1.82, 2.24) is 4.90 Å². The Balaban J connectivity index is 1.73. The zero-order valence-electron chi connectivity index (χ0n) is 16.3. The molecule has 6 heteroatoms. The van der Waals surface area contributed by atoms with Crippen LogP contribution in [0.5, 0.6) is 0 Å². The molecular weight excluding hydrogens is 395 g/mol. The van der Waals surface area contributed by atoms with Gasteiger partial charge in [-0.05, 0) is 12.1 Å². The Labute approximate surface area is 175 Å². The SMILES string of the molecule is CC(C)C[NH+](CC(=O)N1CCS[C@@H]1c1ccccc1Cl)Cc1ccccc1F. The van der Waals surface area contributed by atoms with Crippen molar-refractivity contribution in [2.45, 2.75) is 25.8 Å². The van der Waals surface area contributed by atoms with Crippen molar-refractivity contribution in [3.63, 3.8) is 0 Å². The summed E-state index contributed by atoms with van der Waals surface area (Å²) in [7, 11) is 0. The minimum atomic E-state index is -0.207. The van der Waals surface area contributed by atoms with Crippen molar-refractivity contribution in [3.8, 4) is 0 Å². The first-order valence-corrected chi connectivity index (χ1v) is 11.1. The van der Waals surface area contributed by atoms with Crippen LogP contribution in [0, 0.1) is 11.7 Å². The highest BCUT2D eigenvalue weighted by Gasteiger charge is 2.33. The van der Waals surface area contributed by atoms with Gasteiger partial charge in [0.1, 0.15) is 17.7 Å². The van der Waals surface area contributed by atoms with E-state index in [1.165, 1.54) is 6.07 Å². The summed E-state index contributed by atoms with van der Waals surface area (Å²) in [6.07, 6.45) is 0. The molecule has 150 valence electrons. The van der Waals surface area contributed by atoms with Gasteiger partial charge in [0.05, 0.1) is 6.54 Å². The van der Waals surface area contributed by atoms with Gasteiger partial charge in [0.25, 0.3) is 5.91 Å². The second-order valence-electron chi connectivity index (χ2n) is 7.62. The molecule has 1 amide bonds. The minimum absolute atomic E-state index is 0.0463. The minimum Gasteiger partial charge on any atom is -0.323 e. The van der Waals surface area contributed by atoms with Crippen LogP contribution in [0.3, 0.4) is 0 Å². The molecule has 1 saturated heterocycles. The van der Waals surface area contributed by atoms with E-state index in [1.54, 1.807) is 23.9 Å². The predicted molar refractivity (Wildman–Crippen MR) is 114 cm³/mol. The molecule has 3 nitrogen and oxygen atoms in total. The summed E-state index contributed by atoms with van der Waals surface area (Å²) in [4.78, 5) is 16.2. The van der Waals surface area contributed by atoms with Crippen LogP contribution in [0.1, 0.15) is 30.3 Å². The number of quaternary nitrogens is 1. The number of halogens is 2. The summed E-state index contributed by atoms with van der Waals surface area (Å²) in [6, 6.07) is 14.5. The van der Waals surface area contributed by atoms with Crippen molar-refractivity contribution < 1.29 is 14.1 Å². The van der Waals surface area contributed by atoms with Gasteiger partial charge >= 0.3 is 0 Å². The highest BCUT2D eigenvalue weighted by Crippen LogP contribution is 2.40. The molecule has 2 aromatic carbocycles. The molecule has 1 fully saturated rings. The summed E-state index contributed by atoms with van der Waals surface area (Å²) in [5, 5.41) is 0.646. The van der Waals surface area contributed by atoms with Crippen LogP contribution in [0.4, 0.5) is 4.39 Å². The maximum Gasteiger partial charge on any atom is 0.278 e. The van der Waals surface area contributed by atoms with Gasteiger partial charge in [-0.25, -0.2) is 4.39 Å². The number of carbonyl (C=O) groups is 1. The quantitative estimate of drug-likeness (QED) is 0.735. The Morgan fingerprint density at radius 1 is 1.25 bits per heavy atom. The number of carbonyl (C=O) groups excluding carboxylic acids is 1. The molecule has 0 aromatic heterocycles. The number of benzene rings is 2. The number of nitrogens with zero attached hydrogens (tertiary/aromatic N) is 1. The van der Waals surface area contributed by atoms with Crippen molar-refractivity contribution in [1.29, 1.82) is 0 Å². The fourth-order valence-electron chi connectivity index (χ4n) is 3.67. The van der Waals surface area contributed by atoms with Crippen LogP contribution >= 0.6 is 23.4 Å². The lowest BCUT2D eigenvalue weighted by Crippen LogP contribution is -3.12. The molecule has 2 atom stereocenters. The molecule has 0 aliphatic carbocycles. The van der Waals surface area contributed by atoms with Crippen molar-refractivity contribution in [2.75, 3.05) is 25.4 Å². The highest BCUT2D eigenvalue weighted by molar-refractivity contribution is 7.99. The normalized spacial score (nSPS) is 17.9. The van der Waals surface area contributed by atoms with Crippen LogP contribution in [0.2, 0.25) is 5.02 Å². The van der Waals surface area contributed by atoms with Gasteiger partial charge in [-0.3, -0.25) is 4.79 Å². The number of nitrogens with one attached hydrogen (secondary N) is 1. The number of hydrogen-bond acceptors (Lipinski definition) is 2. The van der Waals surface area contributed by atoms with Crippen molar-refractivity contribution in [3.05, 3.63) is 70.5 Å². The van der Waals surface area contributed by atoms with Gasteiger partial charge in [0.15, 0.2) is 6.54 Å². The smallest absolute Gasteiger partial charge is 0.278 e. The van der Waals surface area contributed by atoms with Gasteiger partial charge in [0.2, 0.25) is 0 Å². The second kappa shape index (κ2) is 9.77. The van der Waals surface area contributed by atoms with Crippen LogP contribution < -0.4 is 4.90 Å². The topological polar surface area (TPSA) is 24.8 Å². The molecule has 1 N–H and O–H groups in total. The molecule has 28 heavy (non-hydrogen) atoms. The maximum absolute atomic E-state index is 14.1. The Morgan fingerprint density at radius 2 is 1.96 bits per heavy atom. The number of thioether (sulfide) groups is 1. The van der Waals surface area contributed by atoms with E-state index in [1.807, 2.05) is 35.2 Å². The van der Waals surface area contributed by atoms with E-state index in [0.29, 0.717) is 36.1 Å². The van der Waals surface area contributed by atoms with Crippen LogP contribution in [0.25, 0.3) is 0 Å². The van der Waals surface area contributed by atoms with Gasteiger partial charge in [0, 0.05) is 34.4 Å². The fraction of sp³-hybridized carbons (Fsp3) is 0.409. The molecule has 0 bridgehead atoms. The summed E-state index contributed by atoms with van der Waals surface area (Å²) < 4.78 is 14.1. The monoisotopic (exact) mass is 421 g/mol.